The van der Waals surface area contributed by atoms with E-state index in [9.17, 15) is 4.79 Å². The van der Waals surface area contributed by atoms with Gasteiger partial charge in [0, 0.05) is 16.0 Å². The first kappa shape index (κ1) is 16.5. The van der Waals surface area contributed by atoms with Crippen molar-refractivity contribution in [1.82, 2.24) is 10.2 Å². The summed E-state index contributed by atoms with van der Waals surface area (Å²) in [5.41, 5.74) is 1.44. The second-order valence-electron chi connectivity index (χ2n) is 4.91. The third kappa shape index (κ3) is 3.77. The highest BCUT2D eigenvalue weighted by Crippen LogP contribution is 2.28. The Balaban J connectivity index is 1.66. The SMILES string of the molecule is COc1ccc(NC(=O)CSc2cnnc3ccccc23)cc1Cl. The average molecular weight is 360 g/mol. The molecule has 0 fully saturated rings. The highest BCUT2D eigenvalue weighted by molar-refractivity contribution is 8.00. The van der Waals surface area contributed by atoms with Crippen LogP contribution in [0.4, 0.5) is 5.69 Å². The van der Waals surface area contributed by atoms with Gasteiger partial charge in [-0.2, -0.15) is 10.2 Å². The summed E-state index contributed by atoms with van der Waals surface area (Å²) in [6.07, 6.45) is 1.67. The predicted molar refractivity (Wildman–Crippen MR) is 96.9 cm³/mol. The molecule has 1 N–H and O–H groups in total. The molecule has 1 heterocycles. The van der Waals surface area contributed by atoms with Gasteiger partial charge in [-0.25, -0.2) is 0 Å². The number of amides is 1. The fraction of sp³-hybridized carbons (Fsp3) is 0.118. The standard InChI is InChI=1S/C17H14ClN3O2S/c1-23-15-7-6-11(8-13(15)18)20-17(22)10-24-16-9-19-21-14-5-3-2-4-12(14)16/h2-9H,10H2,1H3,(H,20,22). The first-order valence-electron chi connectivity index (χ1n) is 7.14. The molecule has 5 nitrogen and oxygen atoms in total. The van der Waals surface area contributed by atoms with Gasteiger partial charge in [-0.05, 0) is 24.3 Å². The van der Waals surface area contributed by atoms with Gasteiger partial charge < -0.3 is 10.1 Å². The Morgan fingerprint density at radius 2 is 2.12 bits per heavy atom. The molecule has 7 heteroatoms. The second-order valence-corrected chi connectivity index (χ2v) is 6.34. The van der Waals surface area contributed by atoms with Crippen molar-refractivity contribution in [3.05, 3.63) is 53.7 Å². The van der Waals surface area contributed by atoms with Crippen LogP contribution in [-0.4, -0.2) is 29.0 Å². The number of halogens is 1. The highest BCUT2D eigenvalue weighted by Gasteiger charge is 2.09. The third-order valence-corrected chi connectivity index (χ3v) is 4.64. The van der Waals surface area contributed by atoms with Crippen LogP contribution in [0.3, 0.4) is 0 Å². The summed E-state index contributed by atoms with van der Waals surface area (Å²) in [6, 6.07) is 12.8. The largest absolute Gasteiger partial charge is 0.495 e. The van der Waals surface area contributed by atoms with E-state index in [-0.39, 0.29) is 11.7 Å². The first-order chi connectivity index (χ1) is 11.7. The first-order valence-corrected chi connectivity index (χ1v) is 8.50. The number of nitrogens with zero attached hydrogens (tertiary/aromatic N) is 2. The minimum absolute atomic E-state index is 0.123. The summed E-state index contributed by atoms with van der Waals surface area (Å²) in [6.45, 7) is 0. The number of methoxy groups -OCH3 is 1. The van der Waals surface area contributed by atoms with E-state index in [1.165, 1.54) is 11.8 Å². The minimum atomic E-state index is -0.123. The van der Waals surface area contributed by atoms with E-state index >= 15 is 0 Å². The fourth-order valence-corrected chi connectivity index (χ4v) is 3.25. The molecule has 0 spiro atoms. The van der Waals surface area contributed by atoms with Crippen LogP contribution >= 0.6 is 23.4 Å². The van der Waals surface area contributed by atoms with Crippen LogP contribution in [0.25, 0.3) is 10.9 Å². The van der Waals surface area contributed by atoms with E-state index in [1.54, 1.807) is 31.5 Å². The highest BCUT2D eigenvalue weighted by atomic mass is 35.5. The normalized spacial score (nSPS) is 10.6. The molecule has 0 saturated heterocycles. The zero-order valence-electron chi connectivity index (χ0n) is 12.8. The number of carbonyl (C=O) groups excluding carboxylic acids is 1. The zero-order valence-corrected chi connectivity index (χ0v) is 14.4. The molecule has 3 aromatic rings. The maximum atomic E-state index is 12.1. The number of ether oxygens (including phenoxy) is 1. The molecule has 0 atom stereocenters. The molecule has 0 bridgehead atoms. The molecule has 122 valence electrons. The van der Waals surface area contributed by atoms with E-state index in [2.05, 4.69) is 15.5 Å². The van der Waals surface area contributed by atoms with Gasteiger partial charge >= 0.3 is 0 Å². The van der Waals surface area contributed by atoms with Gasteiger partial charge in [-0.1, -0.05) is 29.8 Å². The zero-order chi connectivity index (χ0) is 16.9. The number of carbonyl (C=O) groups is 1. The van der Waals surface area contributed by atoms with Crippen molar-refractivity contribution in [2.24, 2.45) is 0 Å². The number of thioether (sulfide) groups is 1. The van der Waals surface area contributed by atoms with Crippen LogP contribution in [0.2, 0.25) is 5.02 Å². The number of hydrogen-bond donors (Lipinski definition) is 1. The maximum absolute atomic E-state index is 12.1. The van der Waals surface area contributed by atoms with Gasteiger partial charge in [-0.3, -0.25) is 4.79 Å². The van der Waals surface area contributed by atoms with Gasteiger partial charge in [0.2, 0.25) is 5.91 Å². The number of hydrogen-bond acceptors (Lipinski definition) is 5. The van der Waals surface area contributed by atoms with Crippen molar-refractivity contribution >= 4 is 45.9 Å². The minimum Gasteiger partial charge on any atom is -0.495 e. The van der Waals surface area contributed by atoms with Crippen LogP contribution in [-0.2, 0) is 4.79 Å². The van der Waals surface area contributed by atoms with Gasteiger partial charge in [0.1, 0.15) is 5.75 Å². The average Bonchev–Trinajstić information content (AvgIpc) is 2.60. The predicted octanol–water partition coefficient (Wildman–Crippen LogP) is 4.02. The van der Waals surface area contributed by atoms with Crippen molar-refractivity contribution in [3.63, 3.8) is 0 Å². The Morgan fingerprint density at radius 3 is 2.92 bits per heavy atom. The van der Waals surface area contributed by atoms with Crippen molar-refractivity contribution in [1.29, 1.82) is 0 Å². The molecule has 1 aromatic heterocycles. The molecule has 3 rings (SSSR count). The number of nitrogens with one attached hydrogen (secondary N) is 1. The number of aromatic nitrogens is 2. The molecule has 2 aromatic carbocycles. The summed E-state index contributed by atoms with van der Waals surface area (Å²) < 4.78 is 5.09. The number of fused-ring (bicyclic) bond motifs is 1. The Labute approximate surface area is 148 Å². The van der Waals surface area contributed by atoms with Crippen molar-refractivity contribution in [2.45, 2.75) is 4.90 Å². The van der Waals surface area contributed by atoms with E-state index < -0.39 is 0 Å². The van der Waals surface area contributed by atoms with Gasteiger partial charge in [0.05, 0.1) is 29.6 Å². The van der Waals surface area contributed by atoms with Crippen LogP contribution in [0, 0.1) is 0 Å². The van der Waals surface area contributed by atoms with Crippen LogP contribution in [0.15, 0.2) is 53.6 Å². The lowest BCUT2D eigenvalue weighted by atomic mass is 10.2. The Bertz CT molecular complexity index is 883. The van der Waals surface area contributed by atoms with Crippen molar-refractivity contribution in [3.8, 4) is 5.75 Å². The lowest BCUT2D eigenvalue weighted by Gasteiger charge is -2.08. The topological polar surface area (TPSA) is 64.1 Å². The van der Waals surface area contributed by atoms with Crippen LogP contribution < -0.4 is 10.1 Å². The smallest absolute Gasteiger partial charge is 0.234 e. The molecule has 0 radical (unpaired) electrons. The number of benzene rings is 2. The summed E-state index contributed by atoms with van der Waals surface area (Å²) >= 11 is 7.47. The summed E-state index contributed by atoms with van der Waals surface area (Å²) in [5.74, 6) is 0.708. The van der Waals surface area contributed by atoms with E-state index in [0.717, 1.165) is 15.8 Å². The van der Waals surface area contributed by atoms with E-state index in [0.29, 0.717) is 16.5 Å². The van der Waals surface area contributed by atoms with Gasteiger partial charge in [0.15, 0.2) is 0 Å². The number of rotatable bonds is 5. The molecule has 1 amide bonds. The monoisotopic (exact) mass is 359 g/mol. The van der Waals surface area contributed by atoms with Crippen LogP contribution in [0.1, 0.15) is 0 Å². The molecular formula is C17H14ClN3O2S. The Morgan fingerprint density at radius 1 is 1.29 bits per heavy atom. The number of anilines is 1. The Hall–Kier alpha value is -2.31. The molecule has 0 saturated carbocycles. The molecule has 0 aliphatic carbocycles. The molecular weight excluding hydrogens is 346 g/mol. The van der Waals surface area contributed by atoms with E-state index in [1.807, 2.05) is 24.3 Å². The summed E-state index contributed by atoms with van der Waals surface area (Å²) in [5, 5.41) is 12.3. The van der Waals surface area contributed by atoms with Crippen molar-refractivity contribution in [2.75, 3.05) is 18.2 Å². The Kier molecular flexibility index (Phi) is 5.17. The van der Waals surface area contributed by atoms with Gasteiger partial charge in [0.25, 0.3) is 0 Å². The molecule has 24 heavy (non-hydrogen) atoms. The second kappa shape index (κ2) is 7.51. The summed E-state index contributed by atoms with van der Waals surface area (Å²) in [7, 11) is 1.54. The maximum Gasteiger partial charge on any atom is 0.234 e. The quantitative estimate of drug-likeness (QED) is 0.697. The molecule has 0 unspecified atom stereocenters. The fourth-order valence-electron chi connectivity index (χ4n) is 2.18. The third-order valence-electron chi connectivity index (χ3n) is 3.30. The molecule has 0 aliphatic heterocycles. The lowest BCUT2D eigenvalue weighted by Crippen LogP contribution is -2.14. The van der Waals surface area contributed by atoms with Crippen LogP contribution in [0.5, 0.6) is 5.75 Å². The molecule has 0 aliphatic rings. The van der Waals surface area contributed by atoms with E-state index in [4.69, 9.17) is 16.3 Å². The summed E-state index contributed by atoms with van der Waals surface area (Å²) in [4.78, 5) is 13.1. The van der Waals surface area contributed by atoms with Crippen molar-refractivity contribution < 1.29 is 9.53 Å². The lowest BCUT2D eigenvalue weighted by molar-refractivity contribution is -0.113. The van der Waals surface area contributed by atoms with Gasteiger partial charge in [-0.15, -0.1) is 11.8 Å².